The van der Waals surface area contributed by atoms with Gasteiger partial charge in [-0.05, 0) is 36.8 Å². The predicted octanol–water partition coefficient (Wildman–Crippen LogP) is 5.64. The monoisotopic (exact) mass is 523 g/mol. The zero-order chi connectivity index (χ0) is 24.0. The number of hydrogen-bond acceptors (Lipinski definition) is 5. The van der Waals surface area contributed by atoms with E-state index in [0.717, 1.165) is 5.56 Å². The van der Waals surface area contributed by atoms with Gasteiger partial charge < -0.3 is 15.2 Å². The van der Waals surface area contributed by atoms with Crippen molar-refractivity contribution in [1.29, 1.82) is 0 Å². The van der Waals surface area contributed by atoms with Gasteiger partial charge in [0.1, 0.15) is 5.82 Å². The zero-order valence-corrected chi connectivity index (χ0v) is 20.7. The molecule has 0 unspecified atom stereocenters. The van der Waals surface area contributed by atoms with Gasteiger partial charge in [0.05, 0.1) is 27.9 Å². The molecule has 1 heterocycles. The van der Waals surface area contributed by atoms with Crippen LogP contribution >= 0.6 is 46.6 Å². The number of benzene rings is 2. The van der Waals surface area contributed by atoms with Crippen LogP contribution in [0.2, 0.25) is 15.1 Å². The largest absolute Gasteiger partial charge is 0.325 e. The number of thioether (sulfide) groups is 1. The number of anilines is 2. The number of carbonyl (C=O) groups is 2. The molecular weight excluding hydrogens is 505 g/mol. The molecule has 2 amide bonds. The third-order valence-electron chi connectivity index (χ3n) is 4.52. The molecule has 0 aliphatic rings. The second kappa shape index (κ2) is 11.6. The molecule has 0 saturated carbocycles. The minimum atomic E-state index is -0.331. The molecule has 33 heavy (non-hydrogen) atoms. The van der Waals surface area contributed by atoms with Crippen LogP contribution in [0.5, 0.6) is 0 Å². The summed E-state index contributed by atoms with van der Waals surface area (Å²) in [5, 5.41) is 15.5. The van der Waals surface area contributed by atoms with Crippen LogP contribution in [0.25, 0.3) is 0 Å². The fourth-order valence-corrected chi connectivity index (χ4v) is 4.16. The summed E-state index contributed by atoms with van der Waals surface area (Å²) >= 11 is 19.4. The van der Waals surface area contributed by atoms with E-state index in [4.69, 9.17) is 34.8 Å². The molecule has 3 rings (SSSR count). The molecule has 2 N–H and O–H groups in total. The third-order valence-corrected chi connectivity index (χ3v) is 6.72. The van der Waals surface area contributed by atoms with Crippen molar-refractivity contribution in [2.45, 2.75) is 25.0 Å². The van der Waals surface area contributed by atoms with Gasteiger partial charge in [-0.1, -0.05) is 64.8 Å². The van der Waals surface area contributed by atoms with Gasteiger partial charge in [0.15, 0.2) is 5.16 Å². The molecule has 172 valence electrons. The van der Waals surface area contributed by atoms with Crippen LogP contribution in [0, 0.1) is 6.92 Å². The van der Waals surface area contributed by atoms with E-state index in [1.54, 1.807) is 47.0 Å². The lowest BCUT2D eigenvalue weighted by Gasteiger charge is -2.11. The highest BCUT2D eigenvalue weighted by atomic mass is 35.5. The summed E-state index contributed by atoms with van der Waals surface area (Å²) in [7, 11) is 0. The van der Waals surface area contributed by atoms with Crippen molar-refractivity contribution in [3.05, 3.63) is 75.5 Å². The van der Waals surface area contributed by atoms with Gasteiger partial charge >= 0.3 is 0 Å². The van der Waals surface area contributed by atoms with Gasteiger partial charge in [0.25, 0.3) is 0 Å². The Balaban J connectivity index is 1.65. The molecule has 0 bridgehead atoms. The number of rotatable bonds is 9. The second-order valence-electron chi connectivity index (χ2n) is 6.87. The third kappa shape index (κ3) is 6.51. The van der Waals surface area contributed by atoms with Gasteiger partial charge in [-0.25, -0.2) is 0 Å². The minimum absolute atomic E-state index is 0.0435. The van der Waals surface area contributed by atoms with Crippen LogP contribution in [0.15, 0.2) is 54.2 Å². The van der Waals surface area contributed by atoms with Gasteiger partial charge in [0, 0.05) is 17.3 Å². The average Bonchev–Trinajstić information content (AvgIpc) is 3.14. The van der Waals surface area contributed by atoms with Crippen LogP contribution in [-0.4, -0.2) is 32.3 Å². The van der Waals surface area contributed by atoms with E-state index in [2.05, 4.69) is 27.4 Å². The van der Waals surface area contributed by atoms with E-state index < -0.39 is 0 Å². The lowest BCUT2D eigenvalue weighted by Crippen LogP contribution is -2.18. The smallest absolute Gasteiger partial charge is 0.234 e. The Bertz CT molecular complexity index is 1200. The number of nitrogens with one attached hydrogen (secondary N) is 2. The summed E-state index contributed by atoms with van der Waals surface area (Å²) in [6.07, 6.45) is 1.62. The standard InChI is InChI=1S/C22H20Cl3N5O2S/c1-3-10-30-18(11-19(31)27-17-9-5-7-15(24)21(17)25)28-29-22(30)33-12-20(32)26-16-8-4-6-14(23)13(16)2/h3-9H,1,10-12H2,2H3,(H,26,32)(H,27,31). The molecule has 0 radical (unpaired) electrons. The quantitative estimate of drug-likeness (QED) is 0.279. The number of carbonyl (C=O) groups excluding carboxylic acids is 2. The van der Waals surface area contributed by atoms with Gasteiger partial charge in [0.2, 0.25) is 11.8 Å². The lowest BCUT2D eigenvalue weighted by atomic mass is 10.2. The average molecular weight is 525 g/mol. The van der Waals surface area contributed by atoms with Crippen LogP contribution < -0.4 is 10.6 Å². The number of amides is 2. The van der Waals surface area contributed by atoms with E-state index in [1.165, 1.54) is 11.8 Å². The molecule has 0 fully saturated rings. The Labute approximate surface area is 210 Å². The van der Waals surface area contributed by atoms with E-state index >= 15 is 0 Å². The molecule has 3 aromatic rings. The fraction of sp³-hybridized carbons (Fsp3) is 0.182. The van der Waals surface area contributed by atoms with Gasteiger partial charge in [-0.2, -0.15) is 0 Å². The van der Waals surface area contributed by atoms with Crippen molar-refractivity contribution in [2.24, 2.45) is 0 Å². The van der Waals surface area contributed by atoms with E-state index in [0.29, 0.717) is 38.9 Å². The molecule has 0 saturated heterocycles. The highest BCUT2D eigenvalue weighted by Crippen LogP contribution is 2.29. The van der Waals surface area contributed by atoms with Crippen LogP contribution in [0.3, 0.4) is 0 Å². The Morgan fingerprint density at radius 3 is 2.42 bits per heavy atom. The second-order valence-corrected chi connectivity index (χ2v) is 9.01. The van der Waals surface area contributed by atoms with Crippen molar-refractivity contribution >= 4 is 69.8 Å². The summed E-state index contributed by atoms with van der Waals surface area (Å²) in [6.45, 7) is 5.96. The number of aromatic nitrogens is 3. The molecule has 0 spiro atoms. The number of halogens is 3. The number of hydrogen-bond donors (Lipinski definition) is 2. The number of allylic oxidation sites excluding steroid dienone is 1. The van der Waals surface area contributed by atoms with E-state index in [1.807, 2.05) is 6.92 Å². The molecule has 0 atom stereocenters. The first-order valence-electron chi connectivity index (χ1n) is 9.74. The van der Waals surface area contributed by atoms with Crippen molar-refractivity contribution < 1.29 is 9.59 Å². The SMILES string of the molecule is C=CCn1c(CC(=O)Nc2cccc(Cl)c2Cl)nnc1SCC(=O)Nc1cccc(Cl)c1C. The van der Waals surface area contributed by atoms with Crippen molar-refractivity contribution in [3.63, 3.8) is 0 Å². The zero-order valence-electron chi connectivity index (χ0n) is 17.6. The molecular formula is C22H20Cl3N5O2S. The van der Waals surface area contributed by atoms with Crippen molar-refractivity contribution in [2.75, 3.05) is 16.4 Å². The summed E-state index contributed by atoms with van der Waals surface area (Å²) in [6, 6.07) is 10.3. The molecule has 0 aliphatic heterocycles. The van der Waals surface area contributed by atoms with Gasteiger partial charge in [-0.15, -0.1) is 16.8 Å². The molecule has 1 aromatic heterocycles. The van der Waals surface area contributed by atoms with Crippen molar-refractivity contribution in [1.82, 2.24) is 14.8 Å². The predicted molar refractivity (Wildman–Crippen MR) is 135 cm³/mol. The number of nitrogens with zero attached hydrogens (tertiary/aromatic N) is 3. The topological polar surface area (TPSA) is 88.9 Å². The van der Waals surface area contributed by atoms with E-state index in [-0.39, 0.29) is 29.0 Å². The van der Waals surface area contributed by atoms with Crippen LogP contribution in [-0.2, 0) is 22.6 Å². The molecule has 11 heteroatoms. The Kier molecular flexibility index (Phi) is 8.80. The van der Waals surface area contributed by atoms with Crippen molar-refractivity contribution in [3.8, 4) is 0 Å². The fourth-order valence-electron chi connectivity index (χ4n) is 2.87. The first-order chi connectivity index (χ1) is 15.8. The lowest BCUT2D eigenvalue weighted by molar-refractivity contribution is -0.116. The summed E-state index contributed by atoms with van der Waals surface area (Å²) in [5.41, 5.74) is 1.85. The highest BCUT2D eigenvalue weighted by molar-refractivity contribution is 7.99. The Morgan fingerprint density at radius 2 is 1.70 bits per heavy atom. The maximum atomic E-state index is 12.5. The normalized spacial score (nSPS) is 10.7. The Hall–Kier alpha value is -2.52. The first-order valence-corrected chi connectivity index (χ1v) is 11.9. The molecule has 2 aromatic carbocycles. The highest BCUT2D eigenvalue weighted by Gasteiger charge is 2.17. The summed E-state index contributed by atoms with van der Waals surface area (Å²) in [4.78, 5) is 25.0. The first kappa shape index (κ1) is 25.1. The molecule has 7 nitrogen and oxygen atoms in total. The van der Waals surface area contributed by atoms with Crippen LogP contribution in [0.4, 0.5) is 11.4 Å². The molecule has 0 aliphatic carbocycles. The maximum Gasteiger partial charge on any atom is 0.234 e. The Morgan fingerprint density at radius 1 is 1.03 bits per heavy atom. The maximum absolute atomic E-state index is 12.5. The summed E-state index contributed by atoms with van der Waals surface area (Å²) in [5.74, 6) is -0.0129. The minimum Gasteiger partial charge on any atom is -0.325 e. The van der Waals surface area contributed by atoms with Gasteiger partial charge in [-0.3, -0.25) is 9.59 Å². The van der Waals surface area contributed by atoms with E-state index in [9.17, 15) is 9.59 Å². The summed E-state index contributed by atoms with van der Waals surface area (Å²) < 4.78 is 1.73. The van der Waals surface area contributed by atoms with Crippen LogP contribution in [0.1, 0.15) is 11.4 Å².